The van der Waals surface area contributed by atoms with Gasteiger partial charge in [-0.2, -0.15) is 4.98 Å². The number of aromatic amines is 1. The molecule has 0 amide bonds. The topological polar surface area (TPSA) is 92.0 Å². The lowest BCUT2D eigenvalue weighted by Crippen LogP contribution is -2.14. The Morgan fingerprint density at radius 1 is 1.82 bits per heavy atom. The Bertz CT molecular complexity index is 309. The van der Waals surface area contributed by atoms with Gasteiger partial charge in [-0.05, 0) is 0 Å². The first-order valence-corrected chi connectivity index (χ1v) is 3.34. The molecule has 0 spiro atoms. The SMILES string of the molecule is Nc1nc(=O)[nH]cc1C(O)S. The highest BCUT2D eigenvalue weighted by atomic mass is 32.1. The van der Waals surface area contributed by atoms with E-state index in [1.165, 1.54) is 6.20 Å². The minimum atomic E-state index is -1.01. The highest BCUT2D eigenvalue weighted by Crippen LogP contribution is 2.17. The third kappa shape index (κ3) is 1.72. The van der Waals surface area contributed by atoms with Gasteiger partial charge in [-0.15, -0.1) is 12.6 Å². The zero-order valence-electron chi connectivity index (χ0n) is 5.48. The van der Waals surface area contributed by atoms with Crippen LogP contribution in [0.5, 0.6) is 0 Å². The molecule has 5 nitrogen and oxygen atoms in total. The van der Waals surface area contributed by atoms with E-state index in [-0.39, 0.29) is 5.82 Å². The molecule has 60 valence electrons. The highest BCUT2D eigenvalue weighted by molar-refractivity contribution is 7.80. The maximum absolute atomic E-state index is 10.5. The molecule has 0 aromatic carbocycles. The van der Waals surface area contributed by atoms with Crippen molar-refractivity contribution in [2.45, 2.75) is 5.44 Å². The van der Waals surface area contributed by atoms with E-state index in [1.54, 1.807) is 0 Å². The van der Waals surface area contributed by atoms with Gasteiger partial charge < -0.3 is 15.8 Å². The molecule has 11 heavy (non-hydrogen) atoms. The first-order chi connectivity index (χ1) is 5.11. The third-order valence-electron chi connectivity index (χ3n) is 1.15. The molecule has 4 N–H and O–H groups in total. The molecule has 1 atom stereocenters. The van der Waals surface area contributed by atoms with Crippen LogP contribution >= 0.6 is 12.6 Å². The second-order valence-electron chi connectivity index (χ2n) is 1.92. The van der Waals surface area contributed by atoms with Gasteiger partial charge in [0.2, 0.25) is 0 Å². The van der Waals surface area contributed by atoms with Crippen molar-refractivity contribution >= 4 is 18.4 Å². The van der Waals surface area contributed by atoms with Crippen LogP contribution < -0.4 is 11.4 Å². The van der Waals surface area contributed by atoms with Gasteiger partial charge >= 0.3 is 5.69 Å². The largest absolute Gasteiger partial charge is 0.383 e. The van der Waals surface area contributed by atoms with Gasteiger partial charge in [0.05, 0.1) is 0 Å². The lowest BCUT2D eigenvalue weighted by atomic mass is 10.3. The van der Waals surface area contributed by atoms with Crippen molar-refractivity contribution in [2.75, 3.05) is 5.73 Å². The number of nitrogens with zero attached hydrogens (tertiary/aromatic N) is 1. The van der Waals surface area contributed by atoms with Gasteiger partial charge in [0.25, 0.3) is 0 Å². The van der Waals surface area contributed by atoms with Crippen LogP contribution in [0, 0.1) is 0 Å². The first kappa shape index (κ1) is 8.09. The Morgan fingerprint density at radius 2 is 2.45 bits per heavy atom. The molecule has 0 radical (unpaired) electrons. The monoisotopic (exact) mass is 173 g/mol. The molecule has 0 saturated carbocycles. The Labute approximate surface area is 67.7 Å². The summed E-state index contributed by atoms with van der Waals surface area (Å²) in [5.74, 6) is -0.00347. The van der Waals surface area contributed by atoms with E-state index in [0.717, 1.165) is 0 Å². The molecule has 0 aliphatic rings. The van der Waals surface area contributed by atoms with Crippen LogP contribution in [-0.2, 0) is 0 Å². The van der Waals surface area contributed by atoms with Crippen LogP contribution in [-0.4, -0.2) is 15.1 Å². The Kier molecular flexibility index (Phi) is 2.16. The number of nitrogens with one attached hydrogen (secondary N) is 1. The maximum Gasteiger partial charge on any atom is 0.346 e. The molecular formula is C5H7N3O2S. The number of hydrogen-bond acceptors (Lipinski definition) is 5. The van der Waals surface area contributed by atoms with Crippen LogP contribution in [0.3, 0.4) is 0 Å². The van der Waals surface area contributed by atoms with Crippen LogP contribution in [0.2, 0.25) is 0 Å². The van der Waals surface area contributed by atoms with E-state index < -0.39 is 11.1 Å². The molecule has 0 saturated heterocycles. The highest BCUT2D eigenvalue weighted by Gasteiger charge is 2.06. The minimum absolute atomic E-state index is 0.00347. The molecule has 1 rings (SSSR count). The van der Waals surface area contributed by atoms with E-state index in [4.69, 9.17) is 10.8 Å². The molecule has 6 heteroatoms. The summed E-state index contributed by atoms with van der Waals surface area (Å²) in [5.41, 5.74) is 4.03. The standard InChI is InChI=1S/C5H7N3O2S/c6-3-2(4(9)11)1-7-5(10)8-3/h1,4,9,11H,(H3,6,7,8,10). The van der Waals surface area contributed by atoms with Crippen LogP contribution in [0.15, 0.2) is 11.0 Å². The number of aliphatic hydroxyl groups is 1. The molecule has 1 heterocycles. The molecule has 1 aromatic rings. The third-order valence-corrected chi connectivity index (χ3v) is 1.43. The van der Waals surface area contributed by atoms with E-state index in [1.807, 2.05) is 0 Å². The summed E-state index contributed by atoms with van der Waals surface area (Å²) in [5, 5.41) is 8.92. The van der Waals surface area contributed by atoms with E-state index in [0.29, 0.717) is 5.56 Å². The minimum Gasteiger partial charge on any atom is -0.383 e. The number of aliphatic hydroxyl groups excluding tert-OH is 1. The molecule has 0 aliphatic heterocycles. The fourth-order valence-corrected chi connectivity index (χ4v) is 0.833. The van der Waals surface area contributed by atoms with Gasteiger partial charge in [-0.25, -0.2) is 4.79 Å². The fourth-order valence-electron chi connectivity index (χ4n) is 0.626. The lowest BCUT2D eigenvalue weighted by Gasteiger charge is -2.03. The van der Waals surface area contributed by atoms with Gasteiger partial charge in [0, 0.05) is 11.8 Å². The summed E-state index contributed by atoms with van der Waals surface area (Å²) < 4.78 is 0. The quantitative estimate of drug-likeness (QED) is 0.333. The Balaban J connectivity index is 3.20. The maximum atomic E-state index is 10.5. The molecule has 0 fully saturated rings. The first-order valence-electron chi connectivity index (χ1n) is 2.82. The molecule has 0 aliphatic carbocycles. The van der Waals surface area contributed by atoms with Gasteiger partial charge in [0.15, 0.2) is 0 Å². The van der Waals surface area contributed by atoms with E-state index in [2.05, 4.69) is 22.6 Å². The number of hydrogen-bond donors (Lipinski definition) is 4. The summed E-state index contributed by atoms with van der Waals surface area (Å²) in [6, 6.07) is 0. The van der Waals surface area contributed by atoms with Crippen molar-refractivity contribution in [1.82, 2.24) is 9.97 Å². The molecular weight excluding hydrogens is 166 g/mol. The Hall–Kier alpha value is -1.01. The zero-order chi connectivity index (χ0) is 8.43. The number of nitrogens with two attached hydrogens (primary N) is 1. The molecule has 1 unspecified atom stereocenters. The lowest BCUT2D eigenvalue weighted by molar-refractivity contribution is 0.272. The van der Waals surface area contributed by atoms with Crippen LogP contribution in [0.4, 0.5) is 5.82 Å². The number of aromatic nitrogens is 2. The predicted molar refractivity (Wildman–Crippen MR) is 43.2 cm³/mol. The fraction of sp³-hybridized carbons (Fsp3) is 0.200. The normalized spacial score (nSPS) is 12.9. The predicted octanol–water partition coefficient (Wildman–Crippen LogP) is -0.727. The van der Waals surface area contributed by atoms with E-state index in [9.17, 15) is 4.79 Å². The van der Waals surface area contributed by atoms with Crippen molar-refractivity contribution in [3.05, 3.63) is 22.2 Å². The van der Waals surface area contributed by atoms with Gasteiger partial charge in [-0.1, -0.05) is 0 Å². The summed E-state index contributed by atoms with van der Waals surface area (Å²) in [6.45, 7) is 0. The summed E-state index contributed by atoms with van der Waals surface area (Å²) in [4.78, 5) is 16.1. The summed E-state index contributed by atoms with van der Waals surface area (Å²) in [6.07, 6.45) is 1.28. The number of H-pyrrole nitrogens is 1. The second-order valence-corrected chi connectivity index (χ2v) is 2.41. The van der Waals surface area contributed by atoms with Crippen molar-refractivity contribution in [3.63, 3.8) is 0 Å². The van der Waals surface area contributed by atoms with Gasteiger partial charge in [0.1, 0.15) is 11.3 Å². The summed E-state index contributed by atoms with van der Waals surface area (Å²) in [7, 11) is 0. The number of anilines is 1. The number of rotatable bonds is 1. The van der Waals surface area contributed by atoms with Crippen molar-refractivity contribution < 1.29 is 5.11 Å². The zero-order valence-corrected chi connectivity index (χ0v) is 6.38. The average molecular weight is 173 g/mol. The second kappa shape index (κ2) is 2.93. The average Bonchev–Trinajstić information content (AvgIpc) is 1.85. The summed E-state index contributed by atoms with van der Waals surface area (Å²) >= 11 is 3.71. The number of thiol groups is 1. The van der Waals surface area contributed by atoms with Crippen LogP contribution in [0.25, 0.3) is 0 Å². The number of nitrogen functional groups attached to an aromatic ring is 1. The van der Waals surface area contributed by atoms with Crippen molar-refractivity contribution in [3.8, 4) is 0 Å². The molecule has 1 aromatic heterocycles. The molecule has 0 bridgehead atoms. The smallest absolute Gasteiger partial charge is 0.346 e. The van der Waals surface area contributed by atoms with Gasteiger partial charge in [-0.3, -0.25) is 0 Å². The van der Waals surface area contributed by atoms with Crippen molar-refractivity contribution in [1.29, 1.82) is 0 Å². The van der Waals surface area contributed by atoms with Crippen molar-refractivity contribution in [2.24, 2.45) is 0 Å². The van der Waals surface area contributed by atoms with E-state index >= 15 is 0 Å². The van der Waals surface area contributed by atoms with Crippen LogP contribution in [0.1, 0.15) is 11.0 Å². The Morgan fingerprint density at radius 3 is 2.91 bits per heavy atom.